The van der Waals surface area contributed by atoms with E-state index in [2.05, 4.69) is 20.8 Å². The normalized spacial score (nSPS) is 10.1. The van der Waals surface area contributed by atoms with Gasteiger partial charge in [-0.15, -0.1) is 0 Å². The SMILES string of the molecule is O=C(CCNC(=O)c1ccoc1)Nc1cc(C(=O)O)[nH]n1. The van der Waals surface area contributed by atoms with E-state index in [1.165, 1.54) is 24.7 Å². The van der Waals surface area contributed by atoms with Gasteiger partial charge < -0.3 is 20.2 Å². The largest absolute Gasteiger partial charge is 0.477 e. The van der Waals surface area contributed by atoms with Crippen molar-refractivity contribution in [1.29, 1.82) is 0 Å². The number of aromatic amines is 1. The molecule has 0 saturated heterocycles. The second kappa shape index (κ2) is 6.37. The van der Waals surface area contributed by atoms with Crippen molar-refractivity contribution in [3.05, 3.63) is 35.9 Å². The van der Waals surface area contributed by atoms with Crippen LogP contribution in [0.5, 0.6) is 0 Å². The molecule has 0 aromatic carbocycles. The first-order chi connectivity index (χ1) is 10.1. The molecule has 0 bridgehead atoms. The lowest BCUT2D eigenvalue weighted by Crippen LogP contribution is -2.27. The average Bonchev–Trinajstić information content (AvgIpc) is 3.09. The molecule has 2 aromatic rings. The minimum atomic E-state index is -1.17. The summed E-state index contributed by atoms with van der Waals surface area (Å²) in [5.41, 5.74) is 0.243. The summed E-state index contributed by atoms with van der Waals surface area (Å²) < 4.78 is 4.76. The van der Waals surface area contributed by atoms with Crippen LogP contribution in [0, 0.1) is 0 Å². The van der Waals surface area contributed by atoms with E-state index in [1.807, 2.05) is 0 Å². The highest BCUT2D eigenvalue weighted by molar-refractivity contribution is 5.95. The minimum absolute atomic E-state index is 0.0266. The number of anilines is 1. The quantitative estimate of drug-likeness (QED) is 0.610. The number of aromatic nitrogens is 2. The first-order valence-electron chi connectivity index (χ1n) is 5.95. The van der Waals surface area contributed by atoms with Crippen molar-refractivity contribution in [1.82, 2.24) is 15.5 Å². The van der Waals surface area contributed by atoms with Crippen LogP contribution >= 0.6 is 0 Å². The van der Waals surface area contributed by atoms with Gasteiger partial charge in [0, 0.05) is 19.0 Å². The first-order valence-corrected chi connectivity index (χ1v) is 5.95. The predicted molar refractivity (Wildman–Crippen MR) is 69.8 cm³/mol. The number of carboxylic acids is 1. The van der Waals surface area contributed by atoms with E-state index in [0.29, 0.717) is 5.56 Å². The molecule has 9 nitrogen and oxygen atoms in total. The van der Waals surface area contributed by atoms with Crippen LogP contribution in [0.25, 0.3) is 0 Å². The Hall–Kier alpha value is -3.10. The Morgan fingerprint density at radius 2 is 2.19 bits per heavy atom. The molecule has 0 atom stereocenters. The fraction of sp³-hybridized carbons (Fsp3) is 0.167. The first kappa shape index (κ1) is 14.3. The molecule has 2 aromatic heterocycles. The smallest absolute Gasteiger partial charge is 0.353 e. The summed E-state index contributed by atoms with van der Waals surface area (Å²) in [6, 6.07) is 2.71. The molecule has 4 N–H and O–H groups in total. The van der Waals surface area contributed by atoms with Crippen molar-refractivity contribution < 1.29 is 23.9 Å². The summed E-state index contributed by atoms with van der Waals surface area (Å²) in [4.78, 5) is 33.7. The molecule has 0 aliphatic carbocycles. The number of furan rings is 1. The molecular weight excluding hydrogens is 280 g/mol. The molecular formula is C12H12N4O5. The molecule has 2 rings (SSSR count). The standard InChI is InChI=1S/C12H12N4O5/c17-10(14-9-5-8(12(19)20)15-16-9)1-3-13-11(18)7-2-4-21-6-7/h2,4-6H,1,3H2,(H,13,18)(H,19,20)(H2,14,15,16,17). The number of hydrogen-bond acceptors (Lipinski definition) is 5. The summed E-state index contributed by atoms with van der Waals surface area (Å²) in [5, 5.41) is 19.5. The van der Waals surface area contributed by atoms with Crippen molar-refractivity contribution in [2.24, 2.45) is 0 Å². The van der Waals surface area contributed by atoms with Gasteiger partial charge in [0.05, 0.1) is 11.8 Å². The van der Waals surface area contributed by atoms with Crippen molar-refractivity contribution in [3.8, 4) is 0 Å². The number of carboxylic acid groups (broad SMARTS) is 1. The molecule has 0 radical (unpaired) electrons. The van der Waals surface area contributed by atoms with E-state index in [1.54, 1.807) is 0 Å². The molecule has 0 unspecified atom stereocenters. The maximum Gasteiger partial charge on any atom is 0.353 e. The number of carbonyl (C=O) groups is 3. The van der Waals surface area contributed by atoms with Crippen molar-refractivity contribution >= 4 is 23.6 Å². The second-order valence-corrected chi connectivity index (χ2v) is 4.04. The number of H-pyrrole nitrogens is 1. The van der Waals surface area contributed by atoms with Gasteiger partial charge in [0.1, 0.15) is 12.0 Å². The maximum atomic E-state index is 11.6. The van der Waals surface area contributed by atoms with Crippen LogP contribution in [0.1, 0.15) is 27.3 Å². The van der Waals surface area contributed by atoms with Crippen LogP contribution in [-0.2, 0) is 4.79 Å². The molecule has 21 heavy (non-hydrogen) atoms. The zero-order valence-corrected chi connectivity index (χ0v) is 10.8. The molecule has 2 amide bonds. The van der Waals surface area contributed by atoms with Crippen molar-refractivity contribution in [2.75, 3.05) is 11.9 Å². The third kappa shape index (κ3) is 3.93. The van der Waals surface area contributed by atoms with Crippen LogP contribution in [0.15, 0.2) is 29.1 Å². The van der Waals surface area contributed by atoms with Crippen molar-refractivity contribution in [3.63, 3.8) is 0 Å². The van der Waals surface area contributed by atoms with Crippen LogP contribution in [-0.4, -0.2) is 39.6 Å². The lowest BCUT2D eigenvalue weighted by atomic mass is 10.3. The second-order valence-electron chi connectivity index (χ2n) is 4.04. The van der Waals surface area contributed by atoms with E-state index in [-0.39, 0.29) is 30.4 Å². The lowest BCUT2D eigenvalue weighted by Gasteiger charge is -2.03. The Labute approximate surface area is 118 Å². The fourth-order valence-corrected chi connectivity index (χ4v) is 1.49. The number of carbonyl (C=O) groups excluding carboxylic acids is 2. The summed E-state index contributed by atoms with van der Waals surface area (Å²) in [5.74, 6) is -1.80. The van der Waals surface area contributed by atoms with Gasteiger partial charge in [-0.2, -0.15) is 5.10 Å². The molecule has 0 fully saturated rings. The molecule has 0 spiro atoms. The maximum absolute atomic E-state index is 11.6. The zero-order valence-electron chi connectivity index (χ0n) is 10.8. The monoisotopic (exact) mass is 292 g/mol. The predicted octanol–water partition coefficient (Wildman–Crippen LogP) is 0.460. The van der Waals surface area contributed by atoms with Crippen LogP contribution in [0.3, 0.4) is 0 Å². The topological polar surface area (TPSA) is 137 Å². The van der Waals surface area contributed by atoms with Crippen LogP contribution in [0.4, 0.5) is 5.82 Å². The van der Waals surface area contributed by atoms with Crippen LogP contribution < -0.4 is 10.6 Å². The minimum Gasteiger partial charge on any atom is -0.477 e. The van der Waals surface area contributed by atoms with Gasteiger partial charge in [0.25, 0.3) is 5.91 Å². The van der Waals surface area contributed by atoms with Crippen LogP contribution in [0.2, 0.25) is 0 Å². The van der Waals surface area contributed by atoms with Gasteiger partial charge in [-0.25, -0.2) is 4.79 Å². The van der Waals surface area contributed by atoms with Gasteiger partial charge >= 0.3 is 5.97 Å². The summed E-state index contributed by atoms with van der Waals surface area (Å²) in [7, 11) is 0. The zero-order chi connectivity index (χ0) is 15.2. The summed E-state index contributed by atoms with van der Waals surface area (Å²) in [6.45, 7) is 0.131. The highest BCUT2D eigenvalue weighted by Gasteiger charge is 2.11. The third-order valence-corrected chi connectivity index (χ3v) is 2.50. The fourth-order valence-electron chi connectivity index (χ4n) is 1.49. The number of nitrogens with one attached hydrogen (secondary N) is 3. The Morgan fingerprint density at radius 3 is 2.81 bits per heavy atom. The number of amides is 2. The number of hydrogen-bond donors (Lipinski definition) is 4. The van der Waals surface area contributed by atoms with E-state index in [0.717, 1.165) is 0 Å². The number of nitrogens with zero attached hydrogens (tertiary/aromatic N) is 1. The van der Waals surface area contributed by atoms with E-state index < -0.39 is 11.9 Å². The number of aromatic carboxylic acids is 1. The molecule has 0 aliphatic heterocycles. The highest BCUT2D eigenvalue weighted by atomic mass is 16.4. The van der Waals surface area contributed by atoms with E-state index in [9.17, 15) is 14.4 Å². The Balaban J connectivity index is 1.74. The van der Waals surface area contributed by atoms with Gasteiger partial charge in [-0.3, -0.25) is 14.7 Å². The Bertz CT molecular complexity index is 646. The molecule has 2 heterocycles. The Morgan fingerprint density at radius 1 is 1.38 bits per heavy atom. The molecule has 110 valence electrons. The van der Waals surface area contributed by atoms with E-state index in [4.69, 9.17) is 9.52 Å². The van der Waals surface area contributed by atoms with Gasteiger partial charge in [0.2, 0.25) is 5.91 Å². The van der Waals surface area contributed by atoms with Gasteiger partial charge in [-0.1, -0.05) is 0 Å². The van der Waals surface area contributed by atoms with Gasteiger partial charge in [0.15, 0.2) is 5.82 Å². The third-order valence-electron chi connectivity index (χ3n) is 2.50. The summed E-state index contributed by atoms with van der Waals surface area (Å²) in [6.07, 6.45) is 2.70. The number of rotatable bonds is 6. The molecule has 0 saturated carbocycles. The highest BCUT2D eigenvalue weighted by Crippen LogP contribution is 2.05. The summed E-state index contributed by atoms with van der Waals surface area (Å²) >= 11 is 0. The molecule has 0 aliphatic rings. The lowest BCUT2D eigenvalue weighted by molar-refractivity contribution is -0.116. The Kier molecular flexibility index (Phi) is 4.34. The van der Waals surface area contributed by atoms with E-state index >= 15 is 0 Å². The van der Waals surface area contributed by atoms with Gasteiger partial charge in [-0.05, 0) is 6.07 Å². The average molecular weight is 292 g/mol. The van der Waals surface area contributed by atoms with Crippen molar-refractivity contribution in [2.45, 2.75) is 6.42 Å². The molecule has 9 heteroatoms.